The normalized spacial score (nSPS) is 13.6. The number of nitrogens with zero attached hydrogens (tertiary/aromatic N) is 2. The van der Waals surface area contributed by atoms with E-state index in [-0.39, 0.29) is 12.4 Å². The zero-order chi connectivity index (χ0) is 21.3. The summed E-state index contributed by atoms with van der Waals surface area (Å²) >= 11 is 1.33. The molecule has 0 saturated carbocycles. The number of halogens is 3. The van der Waals surface area contributed by atoms with Gasteiger partial charge in [-0.25, -0.2) is 4.98 Å². The van der Waals surface area contributed by atoms with Crippen molar-refractivity contribution in [2.45, 2.75) is 26.1 Å². The first-order valence-corrected chi connectivity index (χ1v) is 10.1. The quantitative estimate of drug-likeness (QED) is 0.627. The van der Waals surface area contributed by atoms with Gasteiger partial charge in [0.1, 0.15) is 5.01 Å². The Morgan fingerprint density at radius 2 is 2.03 bits per heavy atom. The Morgan fingerprint density at radius 1 is 1.23 bits per heavy atom. The van der Waals surface area contributed by atoms with E-state index in [0.29, 0.717) is 34.1 Å². The van der Waals surface area contributed by atoms with E-state index < -0.39 is 11.7 Å². The lowest BCUT2D eigenvalue weighted by atomic mass is 10.1. The lowest BCUT2D eigenvalue weighted by Crippen LogP contribution is -2.45. The molecule has 1 aliphatic rings. The molecule has 9 heteroatoms. The van der Waals surface area contributed by atoms with Crippen LogP contribution in [0.5, 0.6) is 0 Å². The fraction of sp³-hybridized carbons (Fsp3) is 0.238. The van der Waals surface area contributed by atoms with E-state index in [4.69, 9.17) is 4.74 Å². The van der Waals surface area contributed by atoms with Gasteiger partial charge in [0.2, 0.25) is 0 Å². The zero-order valence-corrected chi connectivity index (χ0v) is 16.8. The number of rotatable bonds is 5. The molecule has 2 aromatic carbocycles. The van der Waals surface area contributed by atoms with Crippen LogP contribution in [0, 0.1) is 0 Å². The Balaban J connectivity index is 1.61. The second-order valence-electron chi connectivity index (χ2n) is 6.70. The average molecular weight is 433 g/mol. The lowest BCUT2D eigenvalue weighted by Gasteiger charge is -2.26. The lowest BCUT2D eigenvalue weighted by molar-refractivity contribution is -0.142. The average Bonchev–Trinajstić information content (AvgIpc) is 3.09. The van der Waals surface area contributed by atoms with Gasteiger partial charge in [0.05, 0.1) is 41.0 Å². The molecule has 0 radical (unpaired) electrons. The van der Waals surface area contributed by atoms with Crippen LogP contribution < -0.4 is 15.9 Å². The van der Waals surface area contributed by atoms with Gasteiger partial charge in [0, 0.05) is 16.6 Å². The summed E-state index contributed by atoms with van der Waals surface area (Å²) in [5.74, 6) is -0.337. The van der Waals surface area contributed by atoms with Crippen molar-refractivity contribution in [1.82, 2.24) is 15.4 Å². The molecule has 0 fully saturated rings. The number of fused-ring (bicyclic) bond motifs is 2. The molecule has 0 aliphatic carbocycles. The van der Waals surface area contributed by atoms with Crippen LogP contribution in [0.25, 0.3) is 22.1 Å². The number of hydrazine groups is 1. The Kier molecular flexibility index (Phi) is 5.38. The van der Waals surface area contributed by atoms with Gasteiger partial charge in [-0.2, -0.15) is 13.2 Å². The molecule has 2 heterocycles. The highest BCUT2D eigenvalue weighted by atomic mass is 32.1. The minimum Gasteiger partial charge on any atom is -0.466 e. The molecule has 30 heavy (non-hydrogen) atoms. The van der Waals surface area contributed by atoms with E-state index in [1.807, 2.05) is 30.5 Å². The van der Waals surface area contributed by atoms with E-state index in [0.717, 1.165) is 22.6 Å². The molecule has 156 valence electrons. The van der Waals surface area contributed by atoms with Crippen molar-refractivity contribution in [3.8, 4) is 0 Å². The van der Waals surface area contributed by atoms with Crippen LogP contribution in [-0.2, 0) is 22.3 Å². The van der Waals surface area contributed by atoms with Crippen LogP contribution in [0.3, 0.4) is 0 Å². The number of thiazole rings is 1. The number of carbonyl (C=O) groups is 1. The first kappa shape index (κ1) is 20.2. The number of hydrogen-bond donors (Lipinski definition) is 1. The van der Waals surface area contributed by atoms with Gasteiger partial charge < -0.3 is 10.2 Å². The van der Waals surface area contributed by atoms with E-state index >= 15 is 0 Å². The molecule has 3 aromatic rings. The maximum atomic E-state index is 13.0. The number of aromatic nitrogens is 1. The smallest absolute Gasteiger partial charge is 0.416 e. The third kappa shape index (κ3) is 4.25. The van der Waals surface area contributed by atoms with Gasteiger partial charge in [-0.1, -0.05) is 24.3 Å². The number of nitrogens with one attached hydrogen (secondary N) is 1. The number of ether oxygens (including phenoxy) is 1. The predicted octanol–water partition coefficient (Wildman–Crippen LogP) is 3.13. The molecule has 5 nitrogen and oxygen atoms in total. The van der Waals surface area contributed by atoms with Crippen molar-refractivity contribution < 1.29 is 22.7 Å². The molecule has 1 N–H and O–H groups in total. The zero-order valence-electron chi connectivity index (χ0n) is 16.0. The number of hydrogen-bond acceptors (Lipinski definition) is 6. The minimum atomic E-state index is -4.40. The fourth-order valence-electron chi connectivity index (χ4n) is 3.26. The molecule has 1 aromatic heterocycles. The Bertz CT molecular complexity index is 1220. The van der Waals surface area contributed by atoms with Gasteiger partial charge in [-0.3, -0.25) is 9.80 Å². The summed E-state index contributed by atoms with van der Waals surface area (Å²) in [6.45, 7) is 2.39. The summed E-state index contributed by atoms with van der Waals surface area (Å²) in [5, 5.41) is 4.26. The maximum Gasteiger partial charge on any atom is 0.416 e. The van der Waals surface area contributed by atoms with E-state index in [9.17, 15) is 18.0 Å². The molecular formula is C21H18F3N3O2S. The molecule has 0 saturated heterocycles. The van der Waals surface area contributed by atoms with Crippen molar-refractivity contribution in [3.05, 3.63) is 63.5 Å². The summed E-state index contributed by atoms with van der Waals surface area (Å²) in [4.78, 5) is 16.4. The van der Waals surface area contributed by atoms with Crippen LogP contribution in [0.4, 0.5) is 13.2 Å². The van der Waals surface area contributed by atoms with E-state index in [1.165, 1.54) is 17.4 Å². The van der Waals surface area contributed by atoms with Crippen molar-refractivity contribution in [1.29, 1.82) is 0 Å². The molecular weight excluding hydrogens is 415 g/mol. The van der Waals surface area contributed by atoms with Crippen LogP contribution >= 0.6 is 11.3 Å². The topological polar surface area (TPSA) is 54.5 Å². The van der Waals surface area contributed by atoms with Crippen molar-refractivity contribution in [2.75, 3.05) is 6.61 Å². The van der Waals surface area contributed by atoms with Crippen molar-refractivity contribution >= 4 is 39.4 Å². The molecule has 4 rings (SSSR count). The van der Waals surface area contributed by atoms with Gasteiger partial charge in [0.15, 0.2) is 0 Å². The first-order valence-electron chi connectivity index (χ1n) is 9.29. The van der Waals surface area contributed by atoms with E-state index in [1.54, 1.807) is 11.9 Å². The highest BCUT2D eigenvalue weighted by Gasteiger charge is 2.30. The summed E-state index contributed by atoms with van der Waals surface area (Å²) in [7, 11) is 0. The molecule has 0 spiro atoms. The SMILES string of the molecule is CCOC(=O)CC1=c2ccccc2=CN(Cc2nc3cc(C(F)(F)F)ccc3s2)N1. The largest absolute Gasteiger partial charge is 0.466 e. The van der Waals surface area contributed by atoms with Crippen LogP contribution in [0.1, 0.15) is 23.9 Å². The summed E-state index contributed by atoms with van der Waals surface area (Å²) < 4.78 is 44.6. The Morgan fingerprint density at radius 3 is 2.80 bits per heavy atom. The van der Waals surface area contributed by atoms with Crippen LogP contribution in [0.15, 0.2) is 42.5 Å². The predicted molar refractivity (Wildman–Crippen MR) is 108 cm³/mol. The Labute approximate surface area is 174 Å². The molecule has 0 amide bonds. The molecule has 0 unspecified atom stereocenters. The number of carbonyl (C=O) groups excluding carboxylic acids is 1. The van der Waals surface area contributed by atoms with Gasteiger partial charge in [0.25, 0.3) is 0 Å². The summed E-state index contributed by atoms with van der Waals surface area (Å²) in [6, 6.07) is 11.2. The fourth-order valence-corrected chi connectivity index (χ4v) is 4.21. The van der Waals surface area contributed by atoms with E-state index in [2.05, 4.69) is 10.4 Å². The summed E-state index contributed by atoms with van der Waals surface area (Å²) in [5.41, 5.74) is 3.51. The monoisotopic (exact) mass is 433 g/mol. The minimum absolute atomic E-state index is 0.0873. The third-order valence-electron chi connectivity index (χ3n) is 4.55. The second kappa shape index (κ2) is 7.98. The number of benzene rings is 2. The third-order valence-corrected chi connectivity index (χ3v) is 5.57. The molecule has 0 bridgehead atoms. The van der Waals surface area contributed by atoms with Gasteiger partial charge >= 0.3 is 12.1 Å². The molecule has 0 atom stereocenters. The number of esters is 1. The highest BCUT2D eigenvalue weighted by molar-refractivity contribution is 7.18. The van der Waals surface area contributed by atoms with Crippen molar-refractivity contribution in [3.63, 3.8) is 0 Å². The van der Waals surface area contributed by atoms with Crippen LogP contribution in [0.2, 0.25) is 0 Å². The maximum absolute atomic E-state index is 13.0. The second-order valence-corrected chi connectivity index (χ2v) is 7.82. The highest BCUT2D eigenvalue weighted by Crippen LogP contribution is 2.33. The van der Waals surface area contributed by atoms with Crippen molar-refractivity contribution in [2.24, 2.45) is 0 Å². The van der Waals surface area contributed by atoms with Gasteiger partial charge in [-0.15, -0.1) is 11.3 Å². The molecule has 1 aliphatic heterocycles. The van der Waals surface area contributed by atoms with Crippen LogP contribution in [-0.4, -0.2) is 22.6 Å². The Hall–Kier alpha value is -3.07. The summed E-state index contributed by atoms with van der Waals surface area (Å²) in [6.07, 6.45) is -2.43. The first-order chi connectivity index (χ1) is 14.3. The standard InChI is InChI=1S/C21H18F3N3O2S/c1-2-29-20(28)10-16-15-6-4-3-5-13(15)11-27(26-16)12-19-25-17-9-14(21(22,23)24)7-8-18(17)30-19/h3-9,11,26H,2,10,12H2,1H3. The number of alkyl halides is 3. The van der Waals surface area contributed by atoms with Gasteiger partial charge in [-0.05, 0) is 25.1 Å².